The van der Waals surface area contributed by atoms with Crippen molar-refractivity contribution < 1.29 is 9.53 Å². The van der Waals surface area contributed by atoms with E-state index in [4.69, 9.17) is 4.74 Å². The first-order chi connectivity index (χ1) is 13.3. The molecule has 5 heteroatoms. The van der Waals surface area contributed by atoms with Gasteiger partial charge in [-0.05, 0) is 24.1 Å². The normalized spacial score (nSPS) is 16.4. The van der Waals surface area contributed by atoms with E-state index in [0.29, 0.717) is 19.6 Å². The van der Waals surface area contributed by atoms with Crippen molar-refractivity contribution in [3.63, 3.8) is 0 Å². The predicted octanol–water partition coefficient (Wildman–Crippen LogP) is 3.64. The first-order valence-electron chi connectivity index (χ1n) is 9.37. The van der Waals surface area contributed by atoms with Crippen LogP contribution in [0.15, 0.2) is 66.9 Å². The number of urea groups is 1. The first kappa shape index (κ1) is 17.3. The summed E-state index contributed by atoms with van der Waals surface area (Å²) < 4.78 is 6.16. The lowest BCUT2D eigenvalue weighted by molar-refractivity contribution is 0.188. The molecule has 1 N–H and O–H groups in total. The number of carbonyl (C=O) groups is 1. The summed E-state index contributed by atoms with van der Waals surface area (Å²) in [4.78, 5) is 18.6. The van der Waals surface area contributed by atoms with E-state index in [1.165, 1.54) is 5.56 Å². The molecule has 1 unspecified atom stereocenters. The van der Waals surface area contributed by atoms with Crippen LogP contribution in [0, 0.1) is 0 Å². The molecule has 0 spiro atoms. The van der Waals surface area contributed by atoms with Gasteiger partial charge < -0.3 is 15.0 Å². The van der Waals surface area contributed by atoms with Crippen LogP contribution in [0.25, 0.3) is 10.9 Å². The molecule has 27 heavy (non-hydrogen) atoms. The van der Waals surface area contributed by atoms with Crippen LogP contribution in [0.1, 0.15) is 12.0 Å². The van der Waals surface area contributed by atoms with Crippen LogP contribution in [0.4, 0.5) is 4.79 Å². The van der Waals surface area contributed by atoms with Crippen molar-refractivity contribution in [2.24, 2.45) is 0 Å². The molecule has 1 saturated heterocycles. The van der Waals surface area contributed by atoms with Gasteiger partial charge in [0.05, 0.1) is 6.54 Å². The van der Waals surface area contributed by atoms with E-state index in [2.05, 4.69) is 22.4 Å². The van der Waals surface area contributed by atoms with Crippen molar-refractivity contribution in [3.05, 3.63) is 72.4 Å². The summed E-state index contributed by atoms with van der Waals surface area (Å²) in [6, 6.07) is 20.0. The van der Waals surface area contributed by atoms with E-state index < -0.39 is 0 Å². The van der Waals surface area contributed by atoms with E-state index >= 15 is 0 Å². The second-order valence-corrected chi connectivity index (χ2v) is 6.77. The smallest absolute Gasteiger partial charge is 0.317 e. The molecule has 0 aliphatic carbocycles. The van der Waals surface area contributed by atoms with Crippen LogP contribution in [0.3, 0.4) is 0 Å². The highest BCUT2D eigenvalue weighted by molar-refractivity contribution is 5.84. The van der Waals surface area contributed by atoms with Crippen LogP contribution >= 0.6 is 0 Å². The van der Waals surface area contributed by atoms with E-state index in [1.54, 1.807) is 6.20 Å². The van der Waals surface area contributed by atoms with Crippen molar-refractivity contribution in [1.82, 2.24) is 15.2 Å². The number of rotatable bonds is 5. The van der Waals surface area contributed by atoms with Crippen LogP contribution in [0.2, 0.25) is 0 Å². The molecule has 0 radical (unpaired) electrons. The summed E-state index contributed by atoms with van der Waals surface area (Å²) in [6.07, 6.45) is 3.44. The fraction of sp³-hybridized carbons (Fsp3) is 0.273. The number of hydrogen-bond donors (Lipinski definition) is 1. The number of nitrogens with zero attached hydrogens (tertiary/aromatic N) is 2. The number of hydrogen-bond acceptors (Lipinski definition) is 3. The number of pyridine rings is 1. The van der Waals surface area contributed by atoms with Gasteiger partial charge in [-0.1, -0.05) is 48.5 Å². The van der Waals surface area contributed by atoms with Gasteiger partial charge in [-0.15, -0.1) is 0 Å². The minimum absolute atomic E-state index is 0.00233. The number of para-hydroxylation sites is 1. The van der Waals surface area contributed by atoms with Gasteiger partial charge in [-0.2, -0.15) is 0 Å². The largest absolute Gasteiger partial charge is 0.486 e. The molecule has 0 bridgehead atoms. The number of amides is 2. The van der Waals surface area contributed by atoms with Crippen molar-refractivity contribution in [1.29, 1.82) is 0 Å². The Morgan fingerprint density at radius 3 is 2.85 bits per heavy atom. The lowest BCUT2D eigenvalue weighted by Gasteiger charge is -2.18. The van der Waals surface area contributed by atoms with Crippen molar-refractivity contribution in [2.75, 3.05) is 19.6 Å². The Kier molecular flexibility index (Phi) is 5.19. The number of ether oxygens (including phenoxy) is 1. The molecule has 1 atom stereocenters. The molecule has 2 heterocycles. The number of carbonyl (C=O) groups excluding carboxylic acids is 1. The summed E-state index contributed by atoms with van der Waals surface area (Å²) in [6.45, 7) is 1.94. The summed E-state index contributed by atoms with van der Waals surface area (Å²) in [5.74, 6) is 0.782. The number of fused-ring (bicyclic) bond motifs is 1. The maximum Gasteiger partial charge on any atom is 0.317 e. The Hall–Kier alpha value is -3.08. The predicted molar refractivity (Wildman–Crippen MR) is 106 cm³/mol. The number of aromatic nitrogens is 1. The quantitative estimate of drug-likeness (QED) is 0.755. The molecule has 1 aliphatic heterocycles. The third-order valence-corrected chi connectivity index (χ3v) is 4.85. The Morgan fingerprint density at radius 2 is 1.96 bits per heavy atom. The average molecular weight is 361 g/mol. The molecule has 1 fully saturated rings. The molecular formula is C22H23N3O2. The molecular weight excluding hydrogens is 338 g/mol. The van der Waals surface area contributed by atoms with Gasteiger partial charge in [-0.3, -0.25) is 4.98 Å². The van der Waals surface area contributed by atoms with Gasteiger partial charge in [0.1, 0.15) is 17.4 Å². The zero-order chi connectivity index (χ0) is 18.5. The molecule has 138 valence electrons. The monoisotopic (exact) mass is 361 g/mol. The van der Waals surface area contributed by atoms with Crippen LogP contribution in [0.5, 0.6) is 5.75 Å². The maximum atomic E-state index is 12.4. The molecule has 4 rings (SSSR count). The minimum atomic E-state index is -0.0203. The average Bonchev–Trinajstić information content (AvgIpc) is 3.18. The SMILES string of the molecule is O=C(NCCc1ccccc1)N1CCC(Oc2cccc3cccnc23)C1. The Labute approximate surface area is 159 Å². The number of benzene rings is 2. The van der Waals surface area contributed by atoms with Crippen LogP contribution in [-0.4, -0.2) is 41.7 Å². The van der Waals surface area contributed by atoms with E-state index in [-0.39, 0.29) is 12.1 Å². The number of nitrogens with one attached hydrogen (secondary N) is 1. The summed E-state index contributed by atoms with van der Waals surface area (Å²) >= 11 is 0. The topological polar surface area (TPSA) is 54.5 Å². The molecule has 2 aromatic carbocycles. The van der Waals surface area contributed by atoms with Gasteiger partial charge in [0.25, 0.3) is 0 Å². The van der Waals surface area contributed by atoms with Gasteiger partial charge in [0, 0.05) is 31.1 Å². The lowest BCUT2D eigenvalue weighted by atomic mass is 10.1. The van der Waals surface area contributed by atoms with Crippen molar-refractivity contribution in [2.45, 2.75) is 18.9 Å². The molecule has 2 amide bonds. The van der Waals surface area contributed by atoms with Gasteiger partial charge in [-0.25, -0.2) is 4.79 Å². The van der Waals surface area contributed by atoms with Crippen LogP contribution in [-0.2, 0) is 6.42 Å². The van der Waals surface area contributed by atoms with Gasteiger partial charge in [0.15, 0.2) is 0 Å². The maximum absolute atomic E-state index is 12.4. The highest BCUT2D eigenvalue weighted by Crippen LogP contribution is 2.26. The third kappa shape index (κ3) is 4.19. The molecule has 1 aliphatic rings. The summed E-state index contributed by atoms with van der Waals surface area (Å²) in [5.41, 5.74) is 2.09. The molecule has 3 aromatic rings. The van der Waals surface area contributed by atoms with Crippen LogP contribution < -0.4 is 10.1 Å². The second-order valence-electron chi connectivity index (χ2n) is 6.77. The molecule has 1 aromatic heterocycles. The molecule has 0 saturated carbocycles. The van der Waals surface area contributed by atoms with E-state index in [9.17, 15) is 4.79 Å². The Bertz CT molecular complexity index is 908. The number of likely N-dealkylation sites (tertiary alicyclic amines) is 1. The molecule has 5 nitrogen and oxygen atoms in total. The van der Waals surface area contributed by atoms with Crippen molar-refractivity contribution in [3.8, 4) is 5.75 Å². The highest BCUT2D eigenvalue weighted by Gasteiger charge is 2.27. The Morgan fingerprint density at radius 1 is 1.11 bits per heavy atom. The fourth-order valence-corrected chi connectivity index (χ4v) is 3.43. The standard InChI is InChI=1S/C22H23N3O2/c26-22(24-14-11-17-6-2-1-3-7-17)25-15-12-19(16-25)27-20-10-4-8-18-9-5-13-23-21(18)20/h1-10,13,19H,11-12,14-16H2,(H,24,26). The summed E-state index contributed by atoms with van der Waals surface area (Å²) in [7, 11) is 0. The second kappa shape index (κ2) is 8.08. The summed E-state index contributed by atoms with van der Waals surface area (Å²) in [5, 5.41) is 4.07. The highest BCUT2D eigenvalue weighted by atomic mass is 16.5. The van der Waals surface area contributed by atoms with E-state index in [0.717, 1.165) is 29.5 Å². The van der Waals surface area contributed by atoms with Crippen molar-refractivity contribution >= 4 is 16.9 Å². The third-order valence-electron chi connectivity index (χ3n) is 4.85. The minimum Gasteiger partial charge on any atom is -0.486 e. The van der Waals surface area contributed by atoms with Gasteiger partial charge in [0.2, 0.25) is 0 Å². The lowest BCUT2D eigenvalue weighted by Crippen LogP contribution is -2.40. The fourth-order valence-electron chi connectivity index (χ4n) is 3.43. The first-order valence-corrected chi connectivity index (χ1v) is 9.37. The van der Waals surface area contributed by atoms with E-state index in [1.807, 2.05) is 53.4 Å². The van der Waals surface area contributed by atoms with Gasteiger partial charge >= 0.3 is 6.03 Å². The Balaban J connectivity index is 1.30. The zero-order valence-electron chi connectivity index (χ0n) is 15.2. The zero-order valence-corrected chi connectivity index (χ0v) is 15.2.